The minimum Gasteiger partial charge on any atom is -0.370 e. The van der Waals surface area contributed by atoms with Gasteiger partial charge in [0.2, 0.25) is 0 Å². The quantitative estimate of drug-likeness (QED) is 0.453. The average Bonchev–Trinajstić information content (AvgIpc) is 3.04. The normalized spacial score (nSPS) is 13.7. The monoisotopic (exact) mass is 413 g/mol. The van der Waals surface area contributed by atoms with Crippen molar-refractivity contribution in [3.8, 4) is 0 Å². The molecule has 0 radical (unpaired) electrons. The van der Waals surface area contributed by atoms with Gasteiger partial charge in [0.15, 0.2) is 5.96 Å². The second kappa shape index (κ2) is 7.26. The van der Waals surface area contributed by atoms with Crippen LogP contribution in [0.25, 0.3) is 0 Å². The van der Waals surface area contributed by atoms with Gasteiger partial charge in [-0.2, -0.15) is 0 Å². The third-order valence-electron chi connectivity index (χ3n) is 3.73. The van der Waals surface area contributed by atoms with Crippen LogP contribution < -0.4 is 11.1 Å². The van der Waals surface area contributed by atoms with Crippen molar-refractivity contribution in [1.29, 1.82) is 0 Å². The molecule has 0 spiro atoms. The van der Waals surface area contributed by atoms with Gasteiger partial charge in [-0.05, 0) is 66.5 Å². The van der Waals surface area contributed by atoms with Crippen molar-refractivity contribution in [1.82, 2.24) is 0 Å². The van der Waals surface area contributed by atoms with Crippen molar-refractivity contribution in [2.75, 3.05) is 5.32 Å². The summed E-state index contributed by atoms with van der Waals surface area (Å²) >= 11 is 1.72. The molecule has 0 fully saturated rings. The number of halogens is 1. The lowest BCUT2D eigenvalue weighted by atomic mass is 10.1. The number of hydrogen-bond donors (Lipinski definition) is 2. The number of anilines is 1. The highest BCUT2D eigenvalue weighted by Gasteiger charge is 2.10. The molecule has 21 heavy (non-hydrogen) atoms. The molecule has 3 rings (SSSR count). The van der Waals surface area contributed by atoms with Crippen LogP contribution in [0.15, 0.2) is 34.6 Å². The van der Waals surface area contributed by atoms with E-state index < -0.39 is 0 Å². The number of guanidine groups is 1. The van der Waals surface area contributed by atoms with Crippen LogP contribution in [0.2, 0.25) is 0 Å². The Bertz CT molecular complexity index is 649. The first-order chi connectivity index (χ1) is 9.72. The van der Waals surface area contributed by atoms with Crippen LogP contribution in [0.3, 0.4) is 0 Å². The highest BCUT2D eigenvalue weighted by Crippen LogP contribution is 2.24. The first-order valence-electron chi connectivity index (χ1n) is 6.94. The Morgan fingerprint density at radius 1 is 1.29 bits per heavy atom. The summed E-state index contributed by atoms with van der Waals surface area (Å²) in [6.45, 7) is 2.75. The molecule has 1 aliphatic rings. The summed E-state index contributed by atoms with van der Waals surface area (Å²) in [6.07, 6.45) is 3.65. The fourth-order valence-electron chi connectivity index (χ4n) is 2.56. The van der Waals surface area contributed by atoms with Crippen molar-refractivity contribution < 1.29 is 0 Å². The van der Waals surface area contributed by atoms with E-state index in [0.29, 0.717) is 12.5 Å². The molecule has 1 aromatic heterocycles. The zero-order valence-corrected chi connectivity index (χ0v) is 15.2. The maximum Gasteiger partial charge on any atom is 0.193 e. The van der Waals surface area contributed by atoms with E-state index in [1.165, 1.54) is 40.8 Å². The molecule has 1 aliphatic carbocycles. The molecule has 0 atom stereocenters. The molecule has 1 aromatic carbocycles. The third kappa shape index (κ3) is 3.97. The Hall–Kier alpha value is -1.08. The zero-order valence-electron chi connectivity index (χ0n) is 12.1. The molecular weight excluding hydrogens is 393 g/mol. The van der Waals surface area contributed by atoms with Gasteiger partial charge in [0.05, 0.1) is 6.54 Å². The van der Waals surface area contributed by atoms with E-state index >= 15 is 0 Å². The van der Waals surface area contributed by atoms with Crippen LogP contribution in [0.1, 0.15) is 28.0 Å². The van der Waals surface area contributed by atoms with Crippen LogP contribution in [0.5, 0.6) is 0 Å². The SMILES string of the molecule is Cc1ccsc1CN=C(N)Nc1ccc2c(c1)CCC2.I. The van der Waals surface area contributed by atoms with E-state index in [1.807, 2.05) is 0 Å². The number of rotatable bonds is 3. The highest BCUT2D eigenvalue weighted by molar-refractivity contribution is 14.0. The molecule has 0 saturated carbocycles. The lowest BCUT2D eigenvalue weighted by molar-refractivity contribution is 0.912. The smallest absolute Gasteiger partial charge is 0.193 e. The van der Waals surface area contributed by atoms with Gasteiger partial charge in [0, 0.05) is 10.6 Å². The van der Waals surface area contributed by atoms with E-state index in [4.69, 9.17) is 5.73 Å². The second-order valence-corrected chi connectivity index (χ2v) is 6.19. The molecule has 2 aromatic rings. The van der Waals surface area contributed by atoms with Gasteiger partial charge in [-0.3, -0.25) is 0 Å². The van der Waals surface area contributed by atoms with Crippen molar-refractivity contribution in [3.05, 3.63) is 51.2 Å². The summed E-state index contributed by atoms with van der Waals surface area (Å²) in [6, 6.07) is 8.59. The average molecular weight is 413 g/mol. The molecule has 0 amide bonds. The molecule has 0 aliphatic heterocycles. The summed E-state index contributed by atoms with van der Waals surface area (Å²) in [4.78, 5) is 5.68. The summed E-state index contributed by atoms with van der Waals surface area (Å²) in [7, 11) is 0. The van der Waals surface area contributed by atoms with Gasteiger partial charge in [-0.15, -0.1) is 35.3 Å². The number of nitrogens with zero attached hydrogens (tertiary/aromatic N) is 1. The molecule has 0 saturated heterocycles. The van der Waals surface area contributed by atoms with Crippen LogP contribution in [-0.4, -0.2) is 5.96 Å². The Kier molecular flexibility index (Phi) is 5.64. The molecule has 3 nitrogen and oxygen atoms in total. The number of benzene rings is 1. The molecule has 5 heteroatoms. The van der Waals surface area contributed by atoms with Gasteiger partial charge in [0.1, 0.15) is 0 Å². The van der Waals surface area contributed by atoms with E-state index in [-0.39, 0.29) is 24.0 Å². The Balaban J connectivity index is 0.00000161. The summed E-state index contributed by atoms with van der Waals surface area (Å²) < 4.78 is 0. The zero-order chi connectivity index (χ0) is 13.9. The lowest BCUT2D eigenvalue weighted by Crippen LogP contribution is -2.22. The summed E-state index contributed by atoms with van der Waals surface area (Å²) in [5.41, 5.74) is 11.2. The minimum atomic E-state index is 0. The first-order valence-corrected chi connectivity index (χ1v) is 7.82. The third-order valence-corrected chi connectivity index (χ3v) is 4.74. The number of hydrogen-bond acceptors (Lipinski definition) is 2. The van der Waals surface area contributed by atoms with Gasteiger partial charge in [-0.1, -0.05) is 6.07 Å². The number of aliphatic imine (C=N–C) groups is 1. The second-order valence-electron chi connectivity index (χ2n) is 5.19. The predicted molar refractivity (Wildman–Crippen MR) is 102 cm³/mol. The van der Waals surface area contributed by atoms with Crippen molar-refractivity contribution >= 4 is 47.0 Å². The van der Waals surface area contributed by atoms with Crippen LogP contribution in [-0.2, 0) is 19.4 Å². The maximum absolute atomic E-state index is 5.96. The maximum atomic E-state index is 5.96. The Labute approximate surface area is 146 Å². The number of thiophene rings is 1. The van der Waals surface area contributed by atoms with E-state index in [1.54, 1.807) is 11.3 Å². The fourth-order valence-corrected chi connectivity index (χ4v) is 3.39. The highest BCUT2D eigenvalue weighted by atomic mass is 127. The summed E-state index contributed by atoms with van der Waals surface area (Å²) in [5, 5.41) is 5.27. The number of nitrogens with two attached hydrogens (primary N) is 1. The Morgan fingerprint density at radius 2 is 2.10 bits per heavy atom. The van der Waals surface area contributed by atoms with Gasteiger partial charge in [-0.25, -0.2) is 4.99 Å². The molecule has 0 bridgehead atoms. The van der Waals surface area contributed by atoms with E-state index in [2.05, 4.69) is 46.9 Å². The lowest BCUT2D eigenvalue weighted by Gasteiger charge is -2.08. The minimum absolute atomic E-state index is 0. The van der Waals surface area contributed by atoms with E-state index in [0.717, 1.165) is 5.69 Å². The molecule has 3 N–H and O–H groups in total. The largest absolute Gasteiger partial charge is 0.370 e. The van der Waals surface area contributed by atoms with Gasteiger partial charge in [0.25, 0.3) is 0 Å². The predicted octanol–water partition coefficient (Wildman–Crippen LogP) is 4.09. The first kappa shape index (κ1) is 16.3. The topological polar surface area (TPSA) is 50.4 Å². The summed E-state index contributed by atoms with van der Waals surface area (Å²) in [5.74, 6) is 0.482. The van der Waals surface area contributed by atoms with Crippen LogP contribution in [0.4, 0.5) is 5.69 Å². The number of fused-ring (bicyclic) bond motifs is 1. The fraction of sp³-hybridized carbons (Fsp3) is 0.312. The number of aryl methyl sites for hydroxylation is 3. The van der Waals surface area contributed by atoms with Crippen molar-refractivity contribution in [2.24, 2.45) is 10.7 Å². The molecule has 0 unspecified atom stereocenters. The van der Waals surface area contributed by atoms with Crippen LogP contribution in [0, 0.1) is 6.92 Å². The number of nitrogens with one attached hydrogen (secondary N) is 1. The van der Waals surface area contributed by atoms with Gasteiger partial charge < -0.3 is 11.1 Å². The van der Waals surface area contributed by atoms with Crippen molar-refractivity contribution in [3.63, 3.8) is 0 Å². The molecular formula is C16H20IN3S. The van der Waals surface area contributed by atoms with Crippen molar-refractivity contribution in [2.45, 2.75) is 32.7 Å². The van der Waals surface area contributed by atoms with E-state index in [9.17, 15) is 0 Å². The molecule has 112 valence electrons. The molecule has 1 heterocycles. The standard InChI is InChI=1S/C16H19N3S.HI/c1-11-7-8-20-15(11)10-18-16(17)19-14-6-5-12-3-2-4-13(12)9-14;/h5-9H,2-4,10H2,1H3,(H3,17,18,19);1H. The Morgan fingerprint density at radius 3 is 2.86 bits per heavy atom. The van der Waals surface area contributed by atoms with Crippen LogP contribution >= 0.6 is 35.3 Å². The van der Waals surface area contributed by atoms with Gasteiger partial charge >= 0.3 is 0 Å².